The number of rotatable bonds is 4. The number of phenols is 1. The van der Waals surface area contributed by atoms with Crippen LogP contribution in [0.4, 0.5) is 0 Å². The topological polar surface area (TPSA) is 32.3 Å². The second kappa shape index (κ2) is 6.10. The van der Waals surface area contributed by atoms with Crippen LogP contribution in [0.1, 0.15) is 48.2 Å². The van der Waals surface area contributed by atoms with Gasteiger partial charge in [0.15, 0.2) is 0 Å². The van der Waals surface area contributed by atoms with E-state index in [0.29, 0.717) is 5.75 Å². The minimum atomic E-state index is 0.102. The molecule has 0 spiro atoms. The Morgan fingerprint density at radius 1 is 0.900 bits per heavy atom. The standard InChI is InChI=1S/C18H23NO/c1-12-6-5-7-16(10-12)14(3)19-15(4)17-11-13(2)8-9-18(17)20/h5-11,14-15,19-20H,1-4H3/t14-,15?/m0/s1. The fraction of sp³-hybridized carbons (Fsp3) is 0.333. The minimum absolute atomic E-state index is 0.102. The summed E-state index contributed by atoms with van der Waals surface area (Å²) in [7, 11) is 0. The maximum atomic E-state index is 9.99. The maximum absolute atomic E-state index is 9.99. The molecule has 106 valence electrons. The van der Waals surface area contributed by atoms with Crippen LogP contribution in [0.15, 0.2) is 42.5 Å². The highest BCUT2D eigenvalue weighted by Crippen LogP contribution is 2.27. The SMILES string of the molecule is Cc1cccc([C@H](C)NC(C)c2cc(C)ccc2O)c1. The highest BCUT2D eigenvalue weighted by molar-refractivity contribution is 5.38. The molecule has 1 unspecified atom stereocenters. The summed E-state index contributed by atoms with van der Waals surface area (Å²) in [6, 6.07) is 14.6. The van der Waals surface area contributed by atoms with Gasteiger partial charge in [0, 0.05) is 17.6 Å². The Morgan fingerprint density at radius 2 is 1.60 bits per heavy atom. The van der Waals surface area contributed by atoms with Gasteiger partial charge in [0.2, 0.25) is 0 Å². The van der Waals surface area contributed by atoms with E-state index in [9.17, 15) is 5.11 Å². The molecule has 0 saturated heterocycles. The molecule has 0 fully saturated rings. The molecule has 2 aromatic carbocycles. The van der Waals surface area contributed by atoms with E-state index in [1.165, 1.54) is 11.1 Å². The molecule has 2 heteroatoms. The maximum Gasteiger partial charge on any atom is 0.120 e. The van der Waals surface area contributed by atoms with Crippen LogP contribution in [0.2, 0.25) is 0 Å². The van der Waals surface area contributed by atoms with Gasteiger partial charge in [0.1, 0.15) is 5.75 Å². The zero-order valence-electron chi connectivity index (χ0n) is 12.6. The molecular weight excluding hydrogens is 246 g/mol. The van der Waals surface area contributed by atoms with Crippen LogP contribution >= 0.6 is 0 Å². The minimum Gasteiger partial charge on any atom is -0.508 e. The molecule has 0 aliphatic rings. The molecule has 0 saturated carbocycles. The lowest BCUT2D eigenvalue weighted by Crippen LogP contribution is -2.22. The van der Waals surface area contributed by atoms with Crippen LogP contribution in [0, 0.1) is 13.8 Å². The number of hydrogen-bond donors (Lipinski definition) is 2. The number of nitrogens with one attached hydrogen (secondary N) is 1. The van der Waals surface area contributed by atoms with Crippen LogP contribution < -0.4 is 5.32 Å². The molecule has 2 N–H and O–H groups in total. The van der Waals surface area contributed by atoms with E-state index >= 15 is 0 Å². The molecule has 2 nitrogen and oxygen atoms in total. The molecule has 0 aliphatic carbocycles. The Labute approximate surface area is 121 Å². The average molecular weight is 269 g/mol. The first-order valence-corrected chi connectivity index (χ1v) is 7.09. The molecule has 0 radical (unpaired) electrons. The Bertz CT molecular complexity index is 592. The van der Waals surface area contributed by atoms with Gasteiger partial charge >= 0.3 is 0 Å². The first kappa shape index (κ1) is 14.6. The van der Waals surface area contributed by atoms with Crippen LogP contribution in [0.25, 0.3) is 0 Å². The number of aryl methyl sites for hydroxylation is 2. The van der Waals surface area contributed by atoms with Crippen LogP contribution in [0.3, 0.4) is 0 Å². The molecule has 0 aromatic heterocycles. The molecular formula is C18H23NO. The Hall–Kier alpha value is -1.80. The normalized spacial score (nSPS) is 14.0. The van der Waals surface area contributed by atoms with E-state index in [2.05, 4.69) is 50.4 Å². The summed E-state index contributed by atoms with van der Waals surface area (Å²) >= 11 is 0. The first-order valence-electron chi connectivity index (χ1n) is 7.09. The quantitative estimate of drug-likeness (QED) is 0.861. The number of phenolic OH excluding ortho intramolecular Hbond substituents is 1. The van der Waals surface area contributed by atoms with Crippen molar-refractivity contribution in [3.63, 3.8) is 0 Å². The Balaban J connectivity index is 2.15. The Kier molecular flexibility index (Phi) is 4.46. The van der Waals surface area contributed by atoms with Crippen molar-refractivity contribution >= 4 is 0 Å². The van der Waals surface area contributed by atoms with E-state index in [-0.39, 0.29) is 12.1 Å². The van der Waals surface area contributed by atoms with Crippen molar-refractivity contribution in [1.29, 1.82) is 0 Å². The van der Waals surface area contributed by atoms with Crippen molar-refractivity contribution in [1.82, 2.24) is 5.32 Å². The third-order valence-corrected chi connectivity index (χ3v) is 3.69. The van der Waals surface area contributed by atoms with E-state index in [4.69, 9.17) is 0 Å². The predicted octanol–water partition coefficient (Wildman–Crippen LogP) is 4.42. The molecule has 0 heterocycles. The highest BCUT2D eigenvalue weighted by Gasteiger charge is 2.14. The van der Waals surface area contributed by atoms with Crippen molar-refractivity contribution in [2.75, 3.05) is 0 Å². The summed E-state index contributed by atoms with van der Waals surface area (Å²) in [6.07, 6.45) is 0. The average Bonchev–Trinajstić information content (AvgIpc) is 2.41. The van der Waals surface area contributed by atoms with Gasteiger partial charge in [-0.05, 0) is 39.3 Å². The smallest absolute Gasteiger partial charge is 0.120 e. The van der Waals surface area contributed by atoms with E-state index in [1.807, 2.05) is 19.1 Å². The fourth-order valence-electron chi connectivity index (χ4n) is 2.52. The molecule has 0 amide bonds. The second-order valence-electron chi connectivity index (χ2n) is 5.59. The van der Waals surface area contributed by atoms with Crippen LogP contribution in [-0.4, -0.2) is 5.11 Å². The van der Waals surface area contributed by atoms with Gasteiger partial charge in [-0.2, -0.15) is 0 Å². The van der Waals surface area contributed by atoms with Gasteiger partial charge in [-0.3, -0.25) is 0 Å². The van der Waals surface area contributed by atoms with Gasteiger partial charge in [-0.25, -0.2) is 0 Å². The predicted molar refractivity (Wildman–Crippen MR) is 84.0 cm³/mol. The van der Waals surface area contributed by atoms with Gasteiger partial charge in [-0.1, -0.05) is 47.5 Å². The van der Waals surface area contributed by atoms with Crippen LogP contribution in [0.5, 0.6) is 5.75 Å². The summed E-state index contributed by atoms with van der Waals surface area (Å²) < 4.78 is 0. The lowest BCUT2D eigenvalue weighted by Gasteiger charge is -2.22. The zero-order chi connectivity index (χ0) is 14.7. The summed E-state index contributed by atoms with van der Waals surface area (Å²) in [4.78, 5) is 0. The lowest BCUT2D eigenvalue weighted by molar-refractivity contribution is 0.438. The zero-order valence-corrected chi connectivity index (χ0v) is 12.6. The number of benzene rings is 2. The molecule has 20 heavy (non-hydrogen) atoms. The molecule has 0 bridgehead atoms. The van der Waals surface area contributed by atoms with Crippen molar-refractivity contribution in [2.45, 2.75) is 39.8 Å². The van der Waals surface area contributed by atoms with E-state index in [0.717, 1.165) is 11.1 Å². The second-order valence-corrected chi connectivity index (χ2v) is 5.59. The largest absolute Gasteiger partial charge is 0.508 e. The van der Waals surface area contributed by atoms with Crippen molar-refractivity contribution in [3.8, 4) is 5.75 Å². The monoisotopic (exact) mass is 269 g/mol. The molecule has 0 aliphatic heterocycles. The summed E-state index contributed by atoms with van der Waals surface area (Å²) in [6.45, 7) is 8.38. The van der Waals surface area contributed by atoms with E-state index < -0.39 is 0 Å². The van der Waals surface area contributed by atoms with E-state index in [1.54, 1.807) is 6.07 Å². The molecule has 2 aromatic rings. The van der Waals surface area contributed by atoms with Gasteiger partial charge in [0.05, 0.1) is 0 Å². The number of hydrogen-bond acceptors (Lipinski definition) is 2. The summed E-state index contributed by atoms with van der Waals surface area (Å²) in [5, 5.41) is 13.5. The molecule has 2 atom stereocenters. The van der Waals surface area contributed by atoms with Crippen LogP contribution in [-0.2, 0) is 0 Å². The number of aromatic hydroxyl groups is 1. The van der Waals surface area contributed by atoms with Crippen molar-refractivity contribution < 1.29 is 5.11 Å². The Morgan fingerprint density at radius 3 is 2.30 bits per heavy atom. The first-order chi connectivity index (χ1) is 9.47. The van der Waals surface area contributed by atoms with Gasteiger partial charge in [-0.15, -0.1) is 0 Å². The highest BCUT2D eigenvalue weighted by atomic mass is 16.3. The lowest BCUT2D eigenvalue weighted by atomic mass is 10.0. The summed E-state index contributed by atoms with van der Waals surface area (Å²) in [5.41, 5.74) is 4.64. The third kappa shape index (κ3) is 3.40. The summed E-state index contributed by atoms with van der Waals surface area (Å²) in [5.74, 6) is 0.354. The molecule has 2 rings (SSSR count). The third-order valence-electron chi connectivity index (χ3n) is 3.69. The van der Waals surface area contributed by atoms with Crippen molar-refractivity contribution in [2.24, 2.45) is 0 Å². The fourth-order valence-corrected chi connectivity index (χ4v) is 2.52. The van der Waals surface area contributed by atoms with Gasteiger partial charge in [0.25, 0.3) is 0 Å². The van der Waals surface area contributed by atoms with Crippen molar-refractivity contribution in [3.05, 3.63) is 64.7 Å². The van der Waals surface area contributed by atoms with Gasteiger partial charge < -0.3 is 10.4 Å².